The van der Waals surface area contributed by atoms with E-state index >= 15 is 0 Å². The highest BCUT2D eigenvalue weighted by molar-refractivity contribution is 7.12. The molecule has 0 spiro atoms. The SMILES string of the molecule is CC(CN)CNC(=O)c1sccc1-c1ccccc1.Cl. The second-order valence-corrected chi connectivity index (χ2v) is 5.50. The molecule has 3 N–H and O–H groups in total. The van der Waals surface area contributed by atoms with Crippen molar-refractivity contribution in [2.75, 3.05) is 13.1 Å². The Hall–Kier alpha value is -1.36. The minimum Gasteiger partial charge on any atom is -0.351 e. The number of carbonyl (C=O) groups excluding carboxylic acids is 1. The first-order valence-electron chi connectivity index (χ1n) is 6.33. The van der Waals surface area contributed by atoms with Crippen LogP contribution < -0.4 is 11.1 Å². The number of nitrogens with two attached hydrogens (primary N) is 1. The molecule has 0 saturated carbocycles. The molecular weight excluding hydrogens is 292 g/mol. The van der Waals surface area contributed by atoms with Crippen molar-refractivity contribution in [3.05, 3.63) is 46.7 Å². The summed E-state index contributed by atoms with van der Waals surface area (Å²) >= 11 is 1.47. The Balaban J connectivity index is 0.00000200. The Morgan fingerprint density at radius 3 is 2.65 bits per heavy atom. The summed E-state index contributed by atoms with van der Waals surface area (Å²) in [6.07, 6.45) is 0. The molecule has 20 heavy (non-hydrogen) atoms. The van der Waals surface area contributed by atoms with Crippen molar-refractivity contribution >= 4 is 29.7 Å². The van der Waals surface area contributed by atoms with Crippen LogP contribution in [0.3, 0.4) is 0 Å². The lowest BCUT2D eigenvalue weighted by Crippen LogP contribution is -2.31. The van der Waals surface area contributed by atoms with Crippen LogP contribution in [0.5, 0.6) is 0 Å². The van der Waals surface area contributed by atoms with Crippen molar-refractivity contribution in [2.24, 2.45) is 11.7 Å². The number of rotatable bonds is 5. The summed E-state index contributed by atoms with van der Waals surface area (Å²) in [4.78, 5) is 12.9. The van der Waals surface area contributed by atoms with Gasteiger partial charge in [0.15, 0.2) is 0 Å². The zero-order chi connectivity index (χ0) is 13.7. The maximum absolute atomic E-state index is 12.2. The van der Waals surface area contributed by atoms with E-state index in [1.54, 1.807) is 0 Å². The lowest BCUT2D eigenvalue weighted by atomic mass is 10.1. The summed E-state index contributed by atoms with van der Waals surface area (Å²) in [5.41, 5.74) is 7.61. The lowest BCUT2D eigenvalue weighted by molar-refractivity contribution is 0.0953. The van der Waals surface area contributed by atoms with Crippen LogP contribution in [-0.2, 0) is 0 Å². The van der Waals surface area contributed by atoms with Crippen LogP contribution >= 0.6 is 23.7 Å². The van der Waals surface area contributed by atoms with Gasteiger partial charge < -0.3 is 11.1 Å². The van der Waals surface area contributed by atoms with Gasteiger partial charge >= 0.3 is 0 Å². The van der Waals surface area contributed by atoms with Crippen LogP contribution in [0.4, 0.5) is 0 Å². The van der Waals surface area contributed by atoms with Crippen molar-refractivity contribution < 1.29 is 4.79 Å². The van der Waals surface area contributed by atoms with Crippen molar-refractivity contribution in [3.63, 3.8) is 0 Å². The van der Waals surface area contributed by atoms with Gasteiger partial charge in [-0.05, 0) is 29.5 Å². The molecule has 2 aromatic rings. The molecule has 5 heteroatoms. The fourth-order valence-corrected chi connectivity index (χ4v) is 2.59. The van der Waals surface area contributed by atoms with E-state index in [0.29, 0.717) is 19.0 Å². The molecule has 108 valence electrons. The van der Waals surface area contributed by atoms with Gasteiger partial charge in [-0.15, -0.1) is 23.7 Å². The third-order valence-electron chi connectivity index (χ3n) is 2.97. The van der Waals surface area contributed by atoms with Crippen LogP contribution in [0.15, 0.2) is 41.8 Å². The van der Waals surface area contributed by atoms with Gasteiger partial charge in [0.2, 0.25) is 0 Å². The molecule has 0 saturated heterocycles. The average Bonchev–Trinajstić information content (AvgIpc) is 2.94. The lowest BCUT2D eigenvalue weighted by Gasteiger charge is -2.10. The normalized spacial score (nSPS) is 11.5. The van der Waals surface area contributed by atoms with Gasteiger partial charge in [-0.2, -0.15) is 0 Å². The summed E-state index contributed by atoms with van der Waals surface area (Å²) in [6.45, 7) is 3.21. The minimum atomic E-state index is -0.0193. The van der Waals surface area contributed by atoms with Crippen LogP contribution in [0, 0.1) is 5.92 Å². The Morgan fingerprint density at radius 2 is 2.00 bits per heavy atom. The fourth-order valence-electron chi connectivity index (χ4n) is 1.76. The number of benzene rings is 1. The van der Waals surface area contributed by atoms with Gasteiger partial charge in [-0.1, -0.05) is 37.3 Å². The predicted molar refractivity (Wildman–Crippen MR) is 87.6 cm³/mol. The van der Waals surface area contributed by atoms with Crippen molar-refractivity contribution in [1.29, 1.82) is 0 Å². The summed E-state index contributed by atoms with van der Waals surface area (Å²) in [6, 6.07) is 11.9. The van der Waals surface area contributed by atoms with Crippen molar-refractivity contribution in [3.8, 4) is 11.1 Å². The first kappa shape index (κ1) is 16.7. The molecule has 1 aromatic heterocycles. The number of hydrogen-bond donors (Lipinski definition) is 2. The number of nitrogens with one attached hydrogen (secondary N) is 1. The third kappa shape index (κ3) is 4.07. The molecule has 3 nitrogen and oxygen atoms in total. The van der Waals surface area contributed by atoms with E-state index in [2.05, 4.69) is 5.32 Å². The van der Waals surface area contributed by atoms with Gasteiger partial charge in [-0.3, -0.25) is 4.79 Å². The van der Waals surface area contributed by atoms with E-state index in [1.807, 2.05) is 48.7 Å². The predicted octanol–water partition coefficient (Wildman–Crippen LogP) is 3.16. The Kier molecular flexibility index (Phi) is 6.71. The van der Waals surface area contributed by atoms with E-state index in [1.165, 1.54) is 11.3 Å². The monoisotopic (exact) mass is 310 g/mol. The molecule has 1 amide bonds. The van der Waals surface area contributed by atoms with E-state index in [-0.39, 0.29) is 18.3 Å². The number of carbonyl (C=O) groups is 1. The van der Waals surface area contributed by atoms with E-state index < -0.39 is 0 Å². The number of amides is 1. The molecule has 1 unspecified atom stereocenters. The highest BCUT2D eigenvalue weighted by Crippen LogP contribution is 2.27. The van der Waals surface area contributed by atoms with E-state index in [4.69, 9.17) is 5.73 Å². The Bertz CT molecular complexity index is 542. The highest BCUT2D eigenvalue weighted by atomic mass is 35.5. The maximum atomic E-state index is 12.2. The summed E-state index contributed by atoms with van der Waals surface area (Å²) in [7, 11) is 0. The molecule has 0 aliphatic rings. The molecule has 0 radical (unpaired) electrons. The Morgan fingerprint density at radius 1 is 1.30 bits per heavy atom. The number of hydrogen-bond acceptors (Lipinski definition) is 3. The van der Waals surface area contributed by atoms with Gasteiger partial charge in [-0.25, -0.2) is 0 Å². The second kappa shape index (κ2) is 8.04. The van der Waals surface area contributed by atoms with Crippen molar-refractivity contribution in [2.45, 2.75) is 6.92 Å². The molecule has 0 aliphatic heterocycles. The standard InChI is InChI=1S/C15H18N2OS.ClH/c1-11(9-16)10-17-15(18)14-13(7-8-19-14)12-5-3-2-4-6-12;/h2-8,11H,9-10,16H2,1H3,(H,17,18);1H. The zero-order valence-electron chi connectivity index (χ0n) is 11.3. The molecule has 0 aliphatic carbocycles. The number of thiophene rings is 1. The van der Waals surface area contributed by atoms with E-state index in [9.17, 15) is 4.79 Å². The summed E-state index contributed by atoms with van der Waals surface area (Å²) in [5, 5.41) is 4.89. The van der Waals surface area contributed by atoms with Crippen LogP contribution in [0.2, 0.25) is 0 Å². The zero-order valence-corrected chi connectivity index (χ0v) is 13.0. The molecule has 0 fully saturated rings. The quantitative estimate of drug-likeness (QED) is 0.891. The van der Waals surface area contributed by atoms with Crippen LogP contribution in [0.1, 0.15) is 16.6 Å². The minimum absolute atomic E-state index is 0. The van der Waals surface area contributed by atoms with Crippen LogP contribution in [-0.4, -0.2) is 19.0 Å². The number of halogens is 1. The summed E-state index contributed by atoms with van der Waals surface area (Å²) in [5.74, 6) is 0.276. The largest absolute Gasteiger partial charge is 0.351 e. The van der Waals surface area contributed by atoms with E-state index in [0.717, 1.165) is 16.0 Å². The van der Waals surface area contributed by atoms with Gasteiger partial charge in [0.05, 0.1) is 4.88 Å². The fraction of sp³-hybridized carbons (Fsp3) is 0.267. The molecule has 1 atom stereocenters. The highest BCUT2D eigenvalue weighted by Gasteiger charge is 2.14. The van der Waals surface area contributed by atoms with Crippen LogP contribution in [0.25, 0.3) is 11.1 Å². The molecular formula is C15H19ClN2OS. The molecule has 1 heterocycles. The first-order valence-corrected chi connectivity index (χ1v) is 7.21. The summed E-state index contributed by atoms with van der Waals surface area (Å²) < 4.78 is 0. The van der Waals surface area contributed by atoms with Crippen molar-refractivity contribution in [1.82, 2.24) is 5.32 Å². The van der Waals surface area contributed by atoms with Gasteiger partial charge in [0, 0.05) is 12.1 Å². The second-order valence-electron chi connectivity index (χ2n) is 4.58. The Labute approximate surface area is 129 Å². The molecule has 2 rings (SSSR count). The first-order chi connectivity index (χ1) is 9.22. The molecule has 0 bridgehead atoms. The van der Waals surface area contributed by atoms with Gasteiger partial charge in [0.25, 0.3) is 5.91 Å². The molecule has 1 aromatic carbocycles. The third-order valence-corrected chi connectivity index (χ3v) is 3.88. The smallest absolute Gasteiger partial charge is 0.261 e. The van der Waals surface area contributed by atoms with Gasteiger partial charge in [0.1, 0.15) is 0 Å². The maximum Gasteiger partial charge on any atom is 0.261 e. The topological polar surface area (TPSA) is 55.1 Å². The average molecular weight is 311 g/mol.